The zero-order valence-corrected chi connectivity index (χ0v) is 14.1. The molecular weight excluding hydrogens is 306 g/mol. The van der Waals surface area contributed by atoms with E-state index in [2.05, 4.69) is 23.1 Å². The molecular formula is C17H21N5O2. The van der Waals surface area contributed by atoms with E-state index in [-0.39, 0.29) is 11.9 Å². The van der Waals surface area contributed by atoms with Crippen LogP contribution in [0.3, 0.4) is 0 Å². The molecule has 1 aromatic rings. The van der Waals surface area contributed by atoms with Crippen LogP contribution >= 0.6 is 0 Å². The summed E-state index contributed by atoms with van der Waals surface area (Å²) in [6.07, 6.45) is 0.513. The van der Waals surface area contributed by atoms with Crippen LogP contribution in [-0.2, 0) is 17.8 Å². The molecule has 3 aliphatic rings. The smallest absolute Gasteiger partial charge is 0.328 e. The Labute approximate surface area is 141 Å². The molecule has 2 atom stereocenters. The lowest BCUT2D eigenvalue weighted by Gasteiger charge is -2.39. The molecule has 4 rings (SSSR count). The Bertz CT molecular complexity index is 746. The molecule has 0 N–H and O–H groups in total. The topological polar surface area (TPSA) is 59.5 Å². The Kier molecular flexibility index (Phi) is 3.26. The molecule has 0 saturated carbocycles. The normalized spacial score (nSPS) is 26.5. The second-order valence-corrected chi connectivity index (χ2v) is 6.63. The molecule has 0 radical (unpaired) electrons. The maximum absolute atomic E-state index is 12.5. The molecule has 126 valence electrons. The van der Waals surface area contributed by atoms with Crippen molar-refractivity contribution >= 4 is 17.9 Å². The van der Waals surface area contributed by atoms with E-state index in [1.54, 1.807) is 11.9 Å². The first-order valence-electron chi connectivity index (χ1n) is 8.16. The molecule has 7 nitrogen and oxygen atoms in total. The van der Waals surface area contributed by atoms with Gasteiger partial charge in [-0.2, -0.15) is 0 Å². The van der Waals surface area contributed by atoms with E-state index in [1.165, 1.54) is 23.1 Å². The van der Waals surface area contributed by atoms with Gasteiger partial charge in [-0.3, -0.25) is 9.69 Å². The maximum atomic E-state index is 12.5. The lowest BCUT2D eigenvalue weighted by atomic mass is 10.0. The van der Waals surface area contributed by atoms with Gasteiger partial charge < -0.3 is 14.7 Å². The fourth-order valence-corrected chi connectivity index (χ4v) is 3.81. The Morgan fingerprint density at radius 2 is 1.75 bits per heavy atom. The minimum Gasteiger partial charge on any atom is -0.338 e. The highest BCUT2D eigenvalue weighted by atomic mass is 16.2. The zero-order valence-electron chi connectivity index (χ0n) is 14.1. The van der Waals surface area contributed by atoms with Gasteiger partial charge in [0.15, 0.2) is 18.2 Å². The van der Waals surface area contributed by atoms with Crippen LogP contribution < -0.4 is 0 Å². The van der Waals surface area contributed by atoms with Crippen molar-refractivity contribution in [1.82, 2.24) is 19.6 Å². The highest BCUT2D eigenvalue weighted by molar-refractivity contribution is 6.03. The van der Waals surface area contributed by atoms with Gasteiger partial charge in [-0.25, -0.2) is 9.79 Å². The first kappa shape index (κ1) is 15.0. The minimum atomic E-state index is -0.446. The number of nitrogens with zero attached hydrogens (tertiary/aromatic N) is 5. The van der Waals surface area contributed by atoms with Gasteiger partial charge in [0.05, 0.1) is 0 Å². The second kappa shape index (κ2) is 5.22. The van der Waals surface area contributed by atoms with Crippen LogP contribution in [0.15, 0.2) is 29.3 Å². The van der Waals surface area contributed by atoms with Crippen LogP contribution in [0.5, 0.6) is 0 Å². The van der Waals surface area contributed by atoms with Crippen molar-refractivity contribution in [1.29, 1.82) is 0 Å². The second-order valence-electron chi connectivity index (χ2n) is 6.63. The summed E-state index contributed by atoms with van der Waals surface area (Å²) in [5, 5.41) is 0. The summed E-state index contributed by atoms with van der Waals surface area (Å²) in [5.74, 6) is 0.601. The van der Waals surface area contributed by atoms with Crippen LogP contribution in [0.1, 0.15) is 11.1 Å². The SMILES string of the molecule is CN1C(=O)C2C(N=C(N3CCc4ccccc4C3)N2C)N(C)C1=O. The lowest BCUT2D eigenvalue weighted by Crippen LogP contribution is -2.63. The minimum absolute atomic E-state index is 0.193. The van der Waals surface area contributed by atoms with E-state index in [1.807, 2.05) is 18.0 Å². The summed E-state index contributed by atoms with van der Waals surface area (Å²) in [7, 11) is 5.12. The number of benzene rings is 1. The maximum Gasteiger partial charge on any atom is 0.328 e. The number of hydrogen-bond acceptors (Lipinski definition) is 5. The first-order chi connectivity index (χ1) is 11.5. The average Bonchev–Trinajstić information content (AvgIpc) is 2.95. The highest BCUT2D eigenvalue weighted by Gasteiger charge is 2.50. The predicted molar refractivity (Wildman–Crippen MR) is 89.3 cm³/mol. The summed E-state index contributed by atoms with van der Waals surface area (Å²) in [5.41, 5.74) is 2.66. The third-order valence-corrected chi connectivity index (χ3v) is 5.25. The molecule has 24 heavy (non-hydrogen) atoms. The largest absolute Gasteiger partial charge is 0.338 e. The Morgan fingerprint density at radius 3 is 2.50 bits per heavy atom. The number of amides is 3. The van der Waals surface area contributed by atoms with Crippen molar-refractivity contribution in [3.63, 3.8) is 0 Å². The first-order valence-corrected chi connectivity index (χ1v) is 8.16. The van der Waals surface area contributed by atoms with E-state index in [4.69, 9.17) is 4.99 Å². The van der Waals surface area contributed by atoms with E-state index < -0.39 is 12.2 Å². The number of fused-ring (bicyclic) bond motifs is 2. The van der Waals surface area contributed by atoms with Crippen LogP contribution in [-0.4, -0.2) is 77.4 Å². The van der Waals surface area contributed by atoms with Gasteiger partial charge in [0.1, 0.15) is 0 Å². The zero-order chi connectivity index (χ0) is 17.0. The third-order valence-electron chi connectivity index (χ3n) is 5.25. The number of carbonyl (C=O) groups is 2. The van der Waals surface area contributed by atoms with Crippen LogP contribution in [0.4, 0.5) is 4.79 Å². The number of rotatable bonds is 0. The molecule has 7 heteroatoms. The monoisotopic (exact) mass is 327 g/mol. The number of carbonyl (C=O) groups excluding carboxylic acids is 2. The summed E-state index contributed by atoms with van der Waals surface area (Å²) in [6.45, 7) is 1.64. The van der Waals surface area contributed by atoms with Crippen molar-refractivity contribution in [3.05, 3.63) is 35.4 Å². The molecule has 0 aromatic heterocycles. The number of urea groups is 1. The summed E-state index contributed by atoms with van der Waals surface area (Å²) in [6, 6.07) is 7.68. The van der Waals surface area contributed by atoms with Gasteiger partial charge >= 0.3 is 6.03 Å². The van der Waals surface area contributed by atoms with E-state index >= 15 is 0 Å². The van der Waals surface area contributed by atoms with E-state index in [9.17, 15) is 9.59 Å². The van der Waals surface area contributed by atoms with E-state index in [0.717, 1.165) is 25.5 Å². The van der Waals surface area contributed by atoms with Crippen molar-refractivity contribution in [2.75, 3.05) is 27.7 Å². The average molecular weight is 327 g/mol. The highest BCUT2D eigenvalue weighted by Crippen LogP contribution is 2.29. The molecule has 3 heterocycles. The van der Waals surface area contributed by atoms with Crippen LogP contribution in [0.2, 0.25) is 0 Å². The number of imide groups is 1. The summed E-state index contributed by atoms with van der Waals surface area (Å²) >= 11 is 0. The van der Waals surface area contributed by atoms with Crippen LogP contribution in [0, 0.1) is 0 Å². The molecule has 0 aliphatic carbocycles. The van der Waals surface area contributed by atoms with Crippen LogP contribution in [0.25, 0.3) is 0 Å². The van der Waals surface area contributed by atoms with Gasteiger partial charge in [-0.1, -0.05) is 24.3 Å². The van der Waals surface area contributed by atoms with Gasteiger partial charge in [-0.05, 0) is 17.5 Å². The van der Waals surface area contributed by atoms with Gasteiger partial charge in [-0.15, -0.1) is 0 Å². The Hall–Kier alpha value is -2.57. The Balaban J connectivity index is 1.64. The summed E-state index contributed by atoms with van der Waals surface area (Å²) < 4.78 is 0. The number of likely N-dealkylation sites (N-methyl/N-ethyl adjacent to an activating group) is 3. The van der Waals surface area contributed by atoms with Crippen molar-refractivity contribution in [2.24, 2.45) is 4.99 Å². The quantitative estimate of drug-likeness (QED) is 0.699. The molecule has 3 aliphatic heterocycles. The molecule has 1 aromatic carbocycles. The van der Waals surface area contributed by atoms with Gasteiger partial charge in [0.2, 0.25) is 0 Å². The van der Waals surface area contributed by atoms with E-state index in [0.29, 0.717) is 0 Å². The molecule has 2 unspecified atom stereocenters. The number of hydrogen-bond donors (Lipinski definition) is 0. The Morgan fingerprint density at radius 1 is 1.04 bits per heavy atom. The molecule has 3 amide bonds. The fraction of sp³-hybridized carbons (Fsp3) is 0.471. The third kappa shape index (κ3) is 2.00. The van der Waals surface area contributed by atoms with Crippen molar-refractivity contribution in [3.8, 4) is 0 Å². The predicted octanol–water partition coefficient (Wildman–Crippen LogP) is 0.565. The summed E-state index contributed by atoms with van der Waals surface area (Å²) in [4.78, 5) is 36.3. The standard InChI is InChI=1S/C17H21N5O2/c1-19-13-14(20(2)17(24)21(3)15(13)23)18-16(19)22-9-8-11-6-4-5-7-12(11)10-22/h4-7,13-14H,8-10H2,1-3H3. The lowest BCUT2D eigenvalue weighted by molar-refractivity contribution is -0.135. The molecule has 0 bridgehead atoms. The fourth-order valence-electron chi connectivity index (χ4n) is 3.81. The van der Waals surface area contributed by atoms with Gasteiger partial charge in [0, 0.05) is 34.2 Å². The number of aliphatic imine (C=N–C) groups is 1. The molecule has 0 spiro atoms. The molecule has 1 fully saturated rings. The van der Waals surface area contributed by atoms with Gasteiger partial charge in [0.25, 0.3) is 5.91 Å². The van der Waals surface area contributed by atoms with Crippen molar-refractivity contribution in [2.45, 2.75) is 25.2 Å². The number of guanidine groups is 1. The van der Waals surface area contributed by atoms with Crippen molar-refractivity contribution < 1.29 is 9.59 Å². The molecule has 1 saturated heterocycles.